The summed E-state index contributed by atoms with van der Waals surface area (Å²) in [5.41, 5.74) is 0.492. The zero-order valence-electron chi connectivity index (χ0n) is 16.9. The van der Waals surface area contributed by atoms with Crippen molar-refractivity contribution >= 4 is 46.8 Å². The summed E-state index contributed by atoms with van der Waals surface area (Å²) in [6.07, 6.45) is 2.18. The van der Waals surface area contributed by atoms with Crippen molar-refractivity contribution in [2.75, 3.05) is 20.1 Å². The van der Waals surface area contributed by atoms with Gasteiger partial charge in [-0.1, -0.05) is 24.3 Å². The number of guanidine groups is 1. The number of amides is 1. The number of benzene rings is 1. The maximum atomic E-state index is 11.6. The molecular weight excluding hydrogens is 469 g/mol. The molecule has 8 heteroatoms. The Morgan fingerprint density at radius 2 is 1.82 bits per heavy atom. The van der Waals surface area contributed by atoms with Gasteiger partial charge in [0.2, 0.25) is 0 Å². The Hall–Kier alpha value is -2.10. The second-order valence-corrected chi connectivity index (χ2v) is 7.11. The van der Waals surface area contributed by atoms with E-state index in [2.05, 4.69) is 38.1 Å². The summed E-state index contributed by atoms with van der Waals surface area (Å²) in [6, 6.07) is 10.2. The third-order valence-electron chi connectivity index (χ3n) is 3.72. The standard InChI is InChI=1S/C20H29N5O2.HI/c1-20(2,3)27-19(26)24-12-7-11-23-18(21-4)25-14-17-16-9-6-5-8-15(16)10-13-22-17;/h5-6,8-10,13H,7,11-12,14H2,1-4H3,(H,24,26)(H2,21,23,25);1H. The number of nitrogens with zero attached hydrogens (tertiary/aromatic N) is 2. The van der Waals surface area contributed by atoms with E-state index >= 15 is 0 Å². The van der Waals surface area contributed by atoms with Gasteiger partial charge in [0.25, 0.3) is 0 Å². The molecule has 0 bridgehead atoms. The van der Waals surface area contributed by atoms with Crippen LogP contribution >= 0.6 is 24.0 Å². The summed E-state index contributed by atoms with van der Waals surface area (Å²) in [4.78, 5) is 20.3. The second-order valence-electron chi connectivity index (χ2n) is 7.11. The van der Waals surface area contributed by atoms with Gasteiger partial charge in [-0.2, -0.15) is 0 Å². The SMILES string of the molecule is CN=C(NCCCNC(=O)OC(C)(C)C)NCc1nccc2ccccc12.I. The normalized spacial score (nSPS) is 11.5. The summed E-state index contributed by atoms with van der Waals surface area (Å²) in [5, 5.41) is 11.5. The molecule has 0 aliphatic carbocycles. The lowest BCUT2D eigenvalue weighted by Crippen LogP contribution is -2.39. The Labute approximate surface area is 183 Å². The van der Waals surface area contributed by atoms with Crippen LogP contribution in [-0.4, -0.2) is 42.8 Å². The third kappa shape index (κ3) is 8.28. The van der Waals surface area contributed by atoms with Gasteiger partial charge >= 0.3 is 6.09 Å². The Balaban J connectivity index is 0.00000392. The fourth-order valence-corrected chi connectivity index (χ4v) is 2.51. The van der Waals surface area contributed by atoms with Crippen LogP contribution in [0, 0.1) is 0 Å². The molecule has 0 atom stereocenters. The maximum Gasteiger partial charge on any atom is 0.407 e. The average molecular weight is 499 g/mol. The first-order valence-corrected chi connectivity index (χ1v) is 9.13. The van der Waals surface area contributed by atoms with Gasteiger partial charge < -0.3 is 20.7 Å². The molecule has 0 aliphatic rings. The van der Waals surface area contributed by atoms with E-state index in [1.54, 1.807) is 7.05 Å². The number of pyridine rings is 1. The monoisotopic (exact) mass is 499 g/mol. The molecule has 0 radical (unpaired) electrons. The molecule has 0 spiro atoms. The fraction of sp³-hybridized carbons (Fsp3) is 0.450. The number of fused-ring (bicyclic) bond motifs is 1. The predicted molar refractivity (Wildman–Crippen MR) is 124 cm³/mol. The summed E-state index contributed by atoms with van der Waals surface area (Å²) in [7, 11) is 1.73. The van der Waals surface area contributed by atoms with E-state index < -0.39 is 11.7 Å². The van der Waals surface area contributed by atoms with E-state index in [4.69, 9.17) is 4.74 Å². The Bertz CT molecular complexity index is 784. The Morgan fingerprint density at radius 1 is 1.11 bits per heavy atom. The highest BCUT2D eigenvalue weighted by Crippen LogP contribution is 2.15. The molecule has 0 unspecified atom stereocenters. The van der Waals surface area contributed by atoms with Crippen molar-refractivity contribution in [3.63, 3.8) is 0 Å². The minimum absolute atomic E-state index is 0. The molecule has 2 aromatic rings. The number of aromatic nitrogens is 1. The molecule has 1 aromatic heterocycles. The lowest BCUT2D eigenvalue weighted by molar-refractivity contribution is 0.0527. The predicted octanol–water partition coefficient (Wildman–Crippen LogP) is 3.43. The number of aliphatic imine (C=N–C) groups is 1. The van der Waals surface area contributed by atoms with Crippen LogP contribution in [0.1, 0.15) is 32.9 Å². The van der Waals surface area contributed by atoms with Gasteiger partial charge in [-0.25, -0.2) is 4.79 Å². The number of nitrogens with one attached hydrogen (secondary N) is 3. The van der Waals surface area contributed by atoms with Gasteiger partial charge in [0.15, 0.2) is 5.96 Å². The Morgan fingerprint density at radius 3 is 2.54 bits per heavy atom. The van der Waals surface area contributed by atoms with Gasteiger partial charge in [0, 0.05) is 31.7 Å². The van der Waals surface area contributed by atoms with Crippen LogP contribution in [0.2, 0.25) is 0 Å². The van der Waals surface area contributed by atoms with Crippen molar-refractivity contribution in [1.82, 2.24) is 20.9 Å². The maximum absolute atomic E-state index is 11.6. The van der Waals surface area contributed by atoms with Crippen molar-refractivity contribution in [2.45, 2.75) is 39.3 Å². The minimum Gasteiger partial charge on any atom is -0.444 e. The number of hydrogen-bond acceptors (Lipinski definition) is 4. The summed E-state index contributed by atoms with van der Waals surface area (Å²) in [6.45, 7) is 7.32. The zero-order chi connectivity index (χ0) is 19.7. The lowest BCUT2D eigenvalue weighted by Gasteiger charge is -2.19. The minimum atomic E-state index is -0.482. The zero-order valence-corrected chi connectivity index (χ0v) is 19.2. The molecular formula is C20H30IN5O2. The molecule has 0 fully saturated rings. The first kappa shape index (κ1) is 23.9. The van der Waals surface area contributed by atoms with Crippen LogP contribution in [0.3, 0.4) is 0 Å². The summed E-state index contributed by atoms with van der Waals surface area (Å²) < 4.78 is 5.20. The van der Waals surface area contributed by atoms with Gasteiger partial charge in [-0.05, 0) is 38.6 Å². The van der Waals surface area contributed by atoms with Gasteiger partial charge in [0.05, 0.1) is 12.2 Å². The number of alkyl carbamates (subject to hydrolysis) is 1. The number of carbonyl (C=O) groups excluding carboxylic acids is 1. The van der Waals surface area contributed by atoms with Crippen LogP contribution < -0.4 is 16.0 Å². The van der Waals surface area contributed by atoms with Crippen molar-refractivity contribution in [3.8, 4) is 0 Å². The number of hydrogen-bond donors (Lipinski definition) is 3. The number of ether oxygens (including phenoxy) is 1. The molecule has 0 saturated heterocycles. The molecule has 1 heterocycles. The van der Waals surface area contributed by atoms with Crippen molar-refractivity contribution < 1.29 is 9.53 Å². The highest BCUT2D eigenvalue weighted by molar-refractivity contribution is 14.0. The molecule has 154 valence electrons. The van der Waals surface area contributed by atoms with Gasteiger partial charge in [0.1, 0.15) is 5.60 Å². The topological polar surface area (TPSA) is 87.6 Å². The molecule has 3 N–H and O–H groups in total. The molecule has 7 nitrogen and oxygen atoms in total. The Kier molecular flexibility index (Phi) is 9.98. The van der Waals surface area contributed by atoms with Crippen molar-refractivity contribution in [3.05, 3.63) is 42.2 Å². The fourth-order valence-electron chi connectivity index (χ4n) is 2.51. The van der Waals surface area contributed by atoms with E-state index in [0.717, 1.165) is 17.5 Å². The quantitative estimate of drug-likeness (QED) is 0.246. The van der Waals surface area contributed by atoms with Crippen LogP contribution in [0.25, 0.3) is 10.8 Å². The molecule has 0 aliphatic heterocycles. The smallest absolute Gasteiger partial charge is 0.407 e. The van der Waals surface area contributed by atoms with Crippen LogP contribution in [-0.2, 0) is 11.3 Å². The van der Waals surface area contributed by atoms with E-state index in [9.17, 15) is 4.79 Å². The number of rotatable bonds is 6. The summed E-state index contributed by atoms with van der Waals surface area (Å²) >= 11 is 0. The molecule has 1 amide bonds. The first-order chi connectivity index (χ1) is 12.9. The first-order valence-electron chi connectivity index (χ1n) is 9.13. The van der Waals surface area contributed by atoms with E-state index in [0.29, 0.717) is 25.6 Å². The highest BCUT2D eigenvalue weighted by atomic mass is 127. The van der Waals surface area contributed by atoms with Gasteiger partial charge in [-0.3, -0.25) is 9.98 Å². The third-order valence-corrected chi connectivity index (χ3v) is 3.72. The lowest BCUT2D eigenvalue weighted by atomic mass is 10.1. The number of carbonyl (C=O) groups is 1. The van der Waals surface area contributed by atoms with Crippen molar-refractivity contribution in [1.29, 1.82) is 0 Å². The second kappa shape index (κ2) is 11.7. The molecule has 2 rings (SSSR count). The molecule has 0 saturated carbocycles. The largest absolute Gasteiger partial charge is 0.444 e. The van der Waals surface area contributed by atoms with E-state index in [-0.39, 0.29) is 24.0 Å². The van der Waals surface area contributed by atoms with Gasteiger partial charge in [-0.15, -0.1) is 24.0 Å². The van der Waals surface area contributed by atoms with Crippen LogP contribution in [0.15, 0.2) is 41.5 Å². The van der Waals surface area contributed by atoms with E-state index in [1.165, 1.54) is 5.39 Å². The molecule has 1 aromatic carbocycles. The number of halogens is 1. The van der Waals surface area contributed by atoms with Crippen LogP contribution in [0.4, 0.5) is 4.79 Å². The van der Waals surface area contributed by atoms with Crippen LogP contribution in [0.5, 0.6) is 0 Å². The van der Waals surface area contributed by atoms with Crippen molar-refractivity contribution in [2.24, 2.45) is 4.99 Å². The summed E-state index contributed by atoms with van der Waals surface area (Å²) in [5.74, 6) is 0.696. The molecule has 28 heavy (non-hydrogen) atoms. The van der Waals surface area contributed by atoms with E-state index in [1.807, 2.05) is 45.2 Å². The highest BCUT2D eigenvalue weighted by Gasteiger charge is 2.15. The average Bonchev–Trinajstić information content (AvgIpc) is 2.62.